The molecule has 0 radical (unpaired) electrons. The monoisotopic (exact) mass is 398 g/mol. The van der Waals surface area contributed by atoms with Gasteiger partial charge < -0.3 is 20.1 Å². The fourth-order valence-corrected chi connectivity index (χ4v) is 3.55. The van der Waals surface area contributed by atoms with Crippen molar-refractivity contribution in [3.63, 3.8) is 0 Å². The summed E-state index contributed by atoms with van der Waals surface area (Å²) in [6.45, 7) is 2.00. The molecule has 0 spiro atoms. The van der Waals surface area contributed by atoms with E-state index in [0.29, 0.717) is 37.6 Å². The molecule has 1 saturated carbocycles. The first-order valence-corrected chi connectivity index (χ1v) is 10.2. The van der Waals surface area contributed by atoms with Crippen LogP contribution >= 0.6 is 0 Å². The third kappa shape index (κ3) is 8.25. The molecule has 3 N–H and O–H groups in total. The molecule has 0 aromatic heterocycles. The molecular formula is C22H35FO5. The summed E-state index contributed by atoms with van der Waals surface area (Å²) in [7, 11) is 1.37. The third-order valence-electron chi connectivity index (χ3n) is 5.32. The Morgan fingerprint density at radius 2 is 1.96 bits per heavy atom. The van der Waals surface area contributed by atoms with Gasteiger partial charge in [0.15, 0.2) is 0 Å². The van der Waals surface area contributed by atoms with Crippen molar-refractivity contribution < 1.29 is 29.2 Å². The largest absolute Gasteiger partial charge is 0.469 e. The third-order valence-corrected chi connectivity index (χ3v) is 5.32. The van der Waals surface area contributed by atoms with E-state index in [2.05, 4.69) is 4.74 Å². The molecule has 5 nitrogen and oxygen atoms in total. The highest BCUT2D eigenvalue weighted by molar-refractivity contribution is 5.69. The Morgan fingerprint density at radius 3 is 2.61 bits per heavy atom. The van der Waals surface area contributed by atoms with E-state index in [-0.39, 0.29) is 24.2 Å². The minimum Gasteiger partial charge on any atom is -0.469 e. The molecule has 0 aliphatic heterocycles. The van der Waals surface area contributed by atoms with Crippen LogP contribution in [0.5, 0.6) is 0 Å². The molecule has 0 heterocycles. The number of aliphatic hydroxyl groups excluding tert-OH is 3. The van der Waals surface area contributed by atoms with Crippen LogP contribution in [-0.2, 0) is 9.53 Å². The average Bonchev–Trinajstić information content (AvgIpc) is 2.95. The van der Waals surface area contributed by atoms with E-state index in [1.807, 2.05) is 19.1 Å². The summed E-state index contributed by atoms with van der Waals surface area (Å²) in [6, 6.07) is 0. The number of aliphatic hydroxyl groups is 3. The van der Waals surface area contributed by atoms with E-state index in [1.165, 1.54) is 13.2 Å². The summed E-state index contributed by atoms with van der Waals surface area (Å²) in [4.78, 5) is 11.1. The standard InChI is InChI=1S/C22H35FO5/c1-3-4-9-16(15-23)19(24)13-12-18-17(20(25)14-21(18)26)10-7-5-6-8-11-22(27)28-2/h5,7,12-13,15,17-21,24-26H,3-4,6,8-11,14H2,1-2H3/b7-5-,13-12+,16-15+/t17-,18-,19-,20+,21-/m1/s1. The fraction of sp³-hybridized carbons (Fsp3) is 0.682. The number of esters is 1. The number of allylic oxidation sites excluding steroid dienone is 2. The van der Waals surface area contributed by atoms with Crippen LogP contribution in [0.4, 0.5) is 4.39 Å². The summed E-state index contributed by atoms with van der Waals surface area (Å²) in [5.41, 5.74) is 0.327. The van der Waals surface area contributed by atoms with Crippen LogP contribution in [0.25, 0.3) is 0 Å². The molecule has 0 aromatic rings. The van der Waals surface area contributed by atoms with Crippen LogP contribution in [-0.4, -0.2) is 46.7 Å². The molecule has 5 atom stereocenters. The van der Waals surface area contributed by atoms with Gasteiger partial charge in [0.25, 0.3) is 0 Å². The first kappa shape index (κ1) is 24.5. The van der Waals surface area contributed by atoms with Crippen LogP contribution in [0.2, 0.25) is 0 Å². The summed E-state index contributed by atoms with van der Waals surface area (Å²) in [5.74, 6) is -0.688. The van der Waals surface area contributed by atoms with Crippen molar-refractivity contribution in [2.24, 2.45) is 11.8 Å². The maximum atomic E-state index is 13.0. The smallest absolute Gasteiger partial charge is 0.305 e. The summed E-state index contributed by atoms with van der Waals surface area (Å²) in [6.07, 6.45) is 10.1. The topological polar surface area (TPSA) is 87.0 Å². The Labute approximate surface area is 167 Å². The van der Waals surface area contributed by atoms with Crippen molar-refractivity contribution in [2.75, 3.05) is 7.11 Å². The summed E-state index contributed by atoms with van der Waals surface area (Å²) < 4.78 is 17.6. The van der Waals surface area contributed by atoms with Crippen LogP contribution < -0.4 is 0 Å². The second-order valence-corrected chi connectivity index (χ2v) is 7.40. The molecular weight excluding hydrogens is 363 g/mol. The first-order chi connectivity index (χ1) is 13.4. The van der Waals surface area contributed by atoms with Crippen molar-refractivity contribution in [2.45, 2.75) is 76.6 Å². The highest BCUT2D eigenvalue weighted by atomic mass is 19.1. The molecule has 1 fully saturated rings. The molecule has 160 valence electrons. The molecule has 0 amide bonds. The van der Waals surface area contributed by atoms with Gasteiger partial charge in [0, 0.05) is 18.8 Å². The van der Waals surface area contributed by atoms with E-state index in [9.17, 15) is 24.5 Å². The zero-order valence-corrected chi connectivity index (χ0v) is 17.0. The molecule has 0 unspecified atom stereocenters. The van der Waals surface area contributed by atoms with Crippen molar-refractivity contribution in [1.82, 2.24) is 0 Å². The lowest BCUT2D eigenvalue weighted by atomic mass is 9.89. The Kier molecular flexibility index (Phi) is 12.0. The number of hydrogen-bond donors (Lipinski definition) is 3. The lowest BCUT2D eigenvalue weighted by Crippen LogP contribution is -2.20. The van der Waals surface area contributed by atoms with E-state index in [1.54, 1.807) is 6.08 Å². The number of rotatable bonds is 12. The Balaban J connectivity index is 2.59. The van der Waals surface area contributed by atoms with Gasteiger partial charge in [-0.25, -0.2) is 4.39 Å². The summed E-state index contributed by atoms with van der Waals surface area (Å²) >= 11 is 0. The normalized spacial score (nSPS) is 27.0. The van der Waals surface area contributed by atoms with Gasteiger partial charge in [-0.3, -0.25) is 4.79 Å². The minimum atomic E-state index is -1.02. The first-order valence-electron chi connectivity index (χ1n) is 10.2. The van der Waals surface area contributed by atoms with Gasteiger partial charge in [0.2, 0.25) is 0 Å². The molecule has 1 aliphatic rings. The zero-order chi connectivity index (χ0) is 20.9. The van der Waals surface area contributed by atoms with Gasteiger partial charge in [0.1, 0.15) is 0 Å². The van der Waals surface area contributed by atoms with Crippen molar-refractivity contribution in [3.8, 4) is 0 Å². The predicted octanol–water partition coefficient (Wildman–Crippen LogP) is 3.59. The van der Waals surface area contributed by atoms with Crippen LogP contribution in [0.3, 0.4) is 0 Å². The average molecular weight is 399 g/mol. The van der Waals surface area contributed by atoms with Crippen molar-refractivity contribution in [1.29, 1.82) is 0 Å². The Hall–Kier alpha value is -1.50. The number of methoxy groups -OCH3 is 1. The van der Waals surface area contributed by atoms with Crippen molar-refractivity contribution >= 4 is 5.97 Å². The lowest BCUT2D eigenvalue weighted by Gasteiger charge is -2.20. The number of ether oxygens (including phenoxy) is 1. The lowest BCUT2D eigenvalue weighted by molar-refractivity contribution is -0.140. The van der Waals surface area contributed by atoms with E-state index < -0.39 is 18.3 Å². The molecule has 0 aromatic carbocycles. The van der Waals surface area contributed by atoms with Gasteiger partial charge in [-0.1, -0.05) is 37.6 Å². The van der Waals surface area contributed by atoms with Crippen LogP contribution in [0.1, 0.15) is 58.3 Å². The molecule has 1 rings (SSSR count). The minimum absolute atomic E-state index is 0.163. The van der Waals surface area contributed by atoms with E-state index in [0.717, 1.165) is 19.3 Å². The maximum absolute atomic E-state index is 13.0. The van der Waals surface area contributed by atoms with E-state index >= 15 is 0 Å². The highest BCUT2D eigenvalue weighted by Gasteiger charge is 2.39. The van der Waals surface area contributed by atoms with E-state index in [4.69, 9.17) is 0 Å². The fourth-order valence-electron chi connectivity index (χ4n) is 3.55. The second-order valence-electron chi connectivity index (χ2n) is 7.40. The molecule has 28 heavy (non-hydrogen) atoms. The second kappa shape index (κ2) is 13.6. The molecule has 1 aliphatic carbocycles. The number of halogens is 1. The van der Waals surface area contributed by atoms with Crippen molar-refractivity contribution in [3.05, 3.63) is 36.2 Å². The Bertz CT molecular complexity index is 543. The SMILES string of the molecule is CCCC/C(=C\F)[C@H](O)/C=C/[C@@H]1[C@@H](C/C=C\CCCC(=O)OC)[C@@H](O)C[C@H]1O. The molecule has 0 bridgehead atoms. The number of hydrogen-bond acceptors (Lipinski definition) is 5. The van der Waals surface area contributed by atoms with Crippen LogP contribution in [0.15, 0.2) is 36.2 Å². The predicted molar refractivity (Wildman–Crippen MR) is 107 cm³/mol. The van der Waals surface area contributed by atoms with Gasteiger partial charge in [0.05, 0.1) is 31.8 Å². The zero-order valence-electron chi connectivity index (χ0n) is 17.0. The quantitative estimate of drug-likeness (QED) is 0.266. The summed E-state index contributed by atoms with van der Waals surface area (Å²) in [5, 5.41) is 30.7. The highest BCUT2D eigenvalue weighted by Crippen LogP contribution is 2.36. The van der Waals surface area contributed by atoms with Gasteiger partial charge in [-0.2, -0.15) is 0 Å². The van der Waals surface area contributed by atoms with Gasteiger partial charge in [-0.05, 0) is 43.6 Å². The Morgan fingerprint density at radius 1 is 1.21 bits per heavy atom. The number of carbonyl (C=O) groups excluding carboxylic acids is 1. The van der Waals surface area contributed by atoms with Gasteiger partial charge in [-0.15, -0.1) is 0 Å². The molecule has 0 saturated heterocycles. The maximum Gasteiger partial charge on any atom is 0.305 e. The van der Waals surface area contributed by atoms with Crippen LogP contribution in [0, 0.1) is 11.8 Å². The van der Waals surface area contributed by atoms with Gasteiger partial charge >= 0.3 is 5.97 Å². The molecule has 6 heteroatoms. The number of unbranched alkanes of at least 4 members (excludes halogenated alkanes) is 2. The number of carbonyl (C=O) groups is 1.